The predicted octanol–water partition coefficient (Wildman–Crippen LogP) is 4.52. The molecule has 2 N–H and O–H groups in total. The molecule has 0 spiro atoms. The van der Waals surface area contributed by atoms with E-state index in [4.69, 9.17) is 4.74 Å². The number of aliphatic hydroxyl groups excluding tert-OH is 1. The number of hydrogen-bond acceptors (Lipinski definition) is 3. The van der Waals surface area contributed by atoms with Gasteiger partial charge in [-0.05, 0) is 46.4 Å². The van der Waals surface area contributed by atoms with Gasteiger partial charge in [0.1, 0.15) is 12.4 Å². The first-order valence-corrected chi connectivity index (χ1v) is 10.1. The summed E-state index contributed by atoms with van der Waals surface area (Å²) >= 11 is 0. The number of rotatable bonds is 7. The molecular weight excluding hydrogens is 381 g/mol. The van der Waals surface area contributed by atoms with Crippen molar-refractivity contribution in [1.82, 2.24) is 5.32 Å². The Kier molecular flexibility index (Phi) is 6.10. The lowest BCUT2D eigenvalue weighted by atomic mass is 9.98. The number of carbonyl (C=O) groups excluding carboxylic acids is 1. The van der Waals surface area contributed by atoms with Crippen LogP contribution in [0.1, 0.15) is 22.6 Å². The minimum absolute atomic E-state index is 0.0102. The average Bonchev–Trinajstić information content (AvgIpc) is 3.10. The maximum atomic E-state index is 13.0. The van der Waals surface area contributed by atoms with Crippen LogP contribution in [0.25, 0.3) is 11.1 Å². The first kappa shape index (κ1) is 20.1. The Bertz CT molecular complexity index is 973. The molecule has 3 aromatic rings. The van der Waals surface area contributed by atoms with E-state index >= 15 is 0 Å². The minimum Gasteiger partial charge on any atom is -0.449 e. The van der Waals surface area contributed by atoms with Crippen LogP contribution in [0.5, 0.6) is 0 Å². The Morgan fingerprint density at radius 2 is 1.57 bits per heavy atom. The summed E-state index contributed by atoms with van der Waals surface area (Å²) in [4.78, 5) is 12.3. The molecule has 1 aliphatic carbocycles. The zero-order chi connectivity index (χ0) is 20.9. The molecular formula is C25H24FNO3. The number of aliphatic hydroxyl groups is 1. The van der Waals surface area contributed by atoms with Crippen molar-refractivity contribution < 1.29 is 19.0 Å². The van der Waals surface area contributed by atoms with Crippen molar-refractivity contribution in [3.8, 4) is 11.1 Å². The highest BCUT2D eigenvalue weighted by atomic mass is 19.1. The number of nitrogens with one attached hydrogen (secondary N) is 1. The van der Waals surface area contributed by atoms with Crippen LogP contribution >= 0.6 is 0 Å². The Morgan fingerprint density at radius 1 is 0.967 bits per heavy atom. The van der Waals surface area contributed by atoms with Crippen molar-refractivity contribution in [3.05, 3.63) is 95.3 Å². The normalized spacial score (nSPS) is 13.4. The number of carbonyl (C=O) groups is 1. The highest BCUT2D eigenvalue weighted by Crippen LogP contribution is 2.44. The summed E-state index contributed by atoms with van der Waals surface area (Å²) < 4.78 is 18.6. The summed E-state index contributed by atoms with van der Waals surface area (Å²) in [5.41, 5.74) is 5.60. The molecule has 0 bridgehead atoms. The van der Waals surface area contributed by atoms with Gasteiger partial charge in [-0.1, -0.05) is 60.7 Å². The van der Waals surface area contributed by atoms with Crippen molar-refractivity contribution >= 4 is 6.09 Å². The number of benzene rings is 3. The van der Waals surface area contributed by atoms with E-state index in [1.54, 1.807) is 12.1 Å². The lowest BCUT2D eigenvalue weighted by molar-refractivity contribution is 0.138. The summed E-state index contributed by atoms with van der Waals surface area (Å²) in [5, 5.41) is 12.4. The lowest BCUT2D eigenvalue weighted by Crippen LogP contribution is -2.33. The molecule has 0 radical (unpaired) electrons. The van der Waals surface area contributed by atoms with Gasteiger partial charge in [0.2, 0.25) is 0 Å². The van der Waals surface area contributed by atoms with Crippen LogP contribution in [0.15, 0.2) is 72.8 Å². The van der Waals surface area contributed by atoms with Gasteiger partial charge in [-0.3, -0.25) is 0 Å². The van der Waals surface area contributed by atoms with Crippen molar-refractivity contribution in [3.63, 3.8) is 0 Å². The zero-order valence-corrected chi connectivity index (χ0v) is 16.6. The van der Waals surface area contributed by atoms with Gasteiger partial charge in [-0.15, -0.1) is 0 Å². The van der Waals surface area contributed by atoms with Crippen LogP contribution in [0, 0.1) is 11.7 Å². The second kappa shape index (κ2) is 9.09. The Balaban J connectivity index is 1.33. The van der Waals surface area contributed by atoms with Crippen LogP contribution in [0.3, 0.4) is 0 Å². The summed E-state index contributed by atoms with van der Waals surface area (Å²) in [6, 6.07) is 22.5. The topological polar surface area (TPSA) is 58.6 Å². The van der Waals surface area contributed by atoms with E-state index < -0.39 is 6.09 Å². The molecule has 0 aliphatic heterocycles. The van der Waals surface area contributed by atoms with Crippen molar-refractivity contribution in [1.29, 1.82) is 0 Å². The molecule has 30 heavy (non-hydrogen) atoms. The average molecular weight is 405 g/mol. The van der Waals surface area contributed by atoms with Gasteiger partial charge in [0.05, 0.1) is 0 Å². The van der Waals surface area contributed by atoms with Gasteiger partial charge in [-0.25, -0.2) is 9.18 Å². The fourth-order valence-electron chi connectivity index (χ4n) is 4.03. The number of fused-ring (bicyclic) bond motifs is 3. The number of halogens is 1. The maximum Gasteiger partial charge on any atom is 0.407 e. The largest absolute Gasteiger partial charge is 0.449 e. The van der Waals surface area contributed by atoms with Gasteiger partial charge >= 0.3 is 6.09 Å². The van der Waals surface area contributed by atoms with Gasteiger partial charge in [0.25, 0.3) is 0 Å². The highest BCUT2D eigenvalue weighted by molar-refractivity contribution is 5.79. The third kappa shape index (κ3) is 4.36. The summed E-state index contributed by atoms with van der Waals surface area (Å²) in [6.45, 7) is 0.452. The second-order valence-electron chi connectivity index (χ2n) is 7.59. The molecule has 4 nitrogen and oxygen atoms in total. The highest BCUT2D eigenvalue weighted by Gasteiger charge is 2.29. The monoisotopic (exact) mass is 405 g/mol. The van der Waals surface area contributed by atoms with E-state index in [2.05, 4.69) is 29.6 Å². The number of amides is 1. The third-order valence-electron chi connectivity index (χ3n) is 5.57. The quantitative estimate of drug-likeness (QED) is 0.608. The standard InChI is InChI=1S/C25H24FNO3/c26-19-11-9-17(10-12-19)13-18(15-28)14-27-25(29)30-16-24-22-7-3-1-5-20(22)21-6-2-4-8-23(21)24/h1-12,18,24,28H,13-16H2,(H,27,29). The molecule has 1 unspecified atom stereocenters. The van der Waals surface area contributed by atoms with Gasteiger partial charge in [0, 0.05) is 25.0 Å². The Hall–Kier alpha value is -3.18. The van der Waals surface area contributed by atoms with Crippen LogP contribution in [0.2, 0.25) is 0 Å². The van der Waals surface area contributed by atoms with E-state index in [1.165, 1.54) is 23.3 Å². The molecule has 154 valence electrons. The van der Waals surface area contributed by atoms with E-state index in [9.17, 15) is 14.3 Å². The molecule has 1 amide bonds. The molecule has 0 heterocycles. The Labute approximate surface area is 175 Å². The molecule has 3 aromatic carbocycles. The maximum absolute atomic E-state index is 13.0. The SMILES string of the molecule is O=C(NCC(CO)Cc1ccc(F)cc1)OCC1c2ccccc2-c2ccccc21. The van der Waals surface area contributed by atoms with Gasteiger partial charge in [-0.2, -0.15) is 0 Å². The van der Waals surface area contributed by atoms with Crippen molar-refractivity contribution in [2.45, 2.75) is 12.3 Å². The molecule has 0 fully saturated rings. The van der Waals surface area contributed by atoms with E-state index in [0.29, 0.717) is 6.42 Å². The summed E-state index contributed by atoms with van der Waals surface area (Å²) in [7, 11) is 0. The number of ether oxygens (including phenoxy) is 1. The van der Waals surface area contributed by atoms with Crippen LogP contribution < -0.4 is 5.32 Å². The smallest absolute Gasteiger partial charge is 0.407 e. The fraction of sp³-hybridized carbons (Fsp3) is 0.240. The third-order valence-corrected chi connectivity index (χ3v) is 5.57. The van der Waals surface area contributed by atoms with Gasteiger partial charge in [0.15, 0.2) is 0 Å². The first-order valence-electron chi connectivity index (χ1n) is 10.1. The van der Waals surface area contributed by atoms with E-state index in [1.807, 2.05) is 24.3 Å². The van der Waals surface area contributed by atoms with Crippen LogP contribution in [0.4, 0.5) is 9.18 Å². The number of alkyl carbamates (subject to hydrolysis) is 1. The van der Waals surface area contributed by atoms with Gasteiger partial charge < -0.3 is 15.2 Å². The zero-order valence-electron chi connectivity index (χ0n) is 16.6. The minimum atomic E-state index is -0.505. The predicted molar refractivity (Wildman–Crippen MR) is 114 cm³/mol. The molecule has 1 atom stereocenters. The molecule has 4 rings (SSSR count). The Morgan fingerprint density at radius 3 is 2.17 bits per heavy atom. The van der Waals surface area contributed by atoms with Crippen molar-refractivity contribution in [2.24, 2.45) is 5.92 Å². The van der Waals surface area contributed by atoms with Crippen molar-refractivity contribution in [2.75, 3.05) is 19.8 Å². The molecule has 1 aliphatic rings. The first-order chi connectivity index (χ1) is 14.7. The molecule has 0 aromatic heterocycles. The van der Waals surface area contributed by atoms with Crippen LogP contribution in [-0.4, -0.2) is 31.0 Å². The second-order valence-corrected chi connectivity index (χ2v) is 7.59. The molecule has 0 saturated heterocycles. The lowest BCUT2D eigenvalue weighted by Gasteiger charge is -2.17. The molecule has 0 saturated carbocycles. The fourth-order valence-corrected chi connectivity index (χ4v) is 4.03. The van der Waals surface area contributed by atoms with Crippen LogP contribution in [-0.2, 0) is 11.2 Å². The molecule has 5 heteroatoms. The summed E-state index contributed by atoms with van der Waals surface area (Å²) in [5.74, 6) is -0.456. The number of hydrogen-bond donors (Lipinski definition) is 2. The van der Waals surface area contributed by atoms with E-state index in [-0.39, 0.29) is 37.4 Å². The van der Waals surface area contributed by atoms with E-state index in [0.717, 1.165) is 16.7 Å². The summed E-state index contributed by atoms with van der Waals surface area (Å²) in [6.07, 6.45) is 0.0369.